The number of aliphatic hydroxyl groups excluding tert-OH is 1. The molecule has 0 fully saturated rings. The molecule has 0 saturated carbocycles. The first-order valence-electron chi connectivity index (χ1n) is 7.21. The molecule has 0 heterocycles. The smallest absolute Gasteiger partial charge is 0.338 e. The summed E-state index contributed by atoms with van der Waals surface area (Å²) in [6, 6.07) is 6.32. The van der Waals surface area contributed by atoms with Gasteiger partial charge >= 0.3 is 5.97 Å². The average Bonchev–Trinajstić information content (AvgIpc) is 2.43. The number of Topliss-reactive ketones (excluding diaryl/α,β-unsaturated/α-hetero) is 1. The van der Waals surface area contributed by atoms with Gasteiger partial charge in [0.1, 0.15) is 6.61 Å². The van der Waals surface area contributed by atoms with E-state index >= 15 is 0 Å². The van der Waals surface area contributed by atoms with Gasteiger partial charge in [0.05, 0.1) is 12.2 Å². The predicted molar refractivity (Wildman–Crippen MR) is 83.5 cm³/mol. The van der Waals surface area contributed by atoms with Crippen molar-refractivity contribution in [3.05, 3.63) is 35.4 Å². The number of aliphatic hydroxyl groups is 1. The highest BCUT2D eigenvalue weighted by atomic mass is 16.5. The largest absolute Gasteiger partial charge is 0.460 e. The Hall–Kier alpha value is -1.68. The van der Waals surface area contributed by atoms with Gasteiger partial charge in [-0.05, 0) is 18.1 Å². The fourth-order valence-electron chi connectivity index (χ4n) is 1.33. The van der Waals surface area contributed by atoms with Crippen molar-refractivity contribution in [3.8, 4) is 0 Å². The van der Waals surface area contributed by atoms with E-state index in [9.17, 15) is 9.59 Å². The second kappa shape index (κ2) is 10.1. The van der Waals surface area contributed by atoms with Crippen molar-refractivity contribution in [2.75, 3.05) is 13.2 Å². The Morgan fingerprint density at radius 3 is 1.81 bits per heavy atom. The van der Waals surface area contributed by atoms with Gasteiger partial charge in [0, 0.05) is 11.5 Å². The molecule has 1 rings (SSSR count). The summed E-state index contributed by atoms with van der Waals surface area (Å²) in [5, 5.41) is 8.52. The summed E-state index contributed by atoms with van der Waals surface area (Å²) in [7, 11) is 0. The number of hydrogen-bond donors (Lipinski definition) is 1. The maximum atomic E-state index is 11.6. The van der Waals surface area contributed by atoms with Crippen LogP contribution in [0.1, 0.15) is 55.3 Å². The molecule has 0 unspecified atom stereocenters. The number of carbonyl (C=O) groups is 2. The molecule has 4 heteroatoms. The van der Waals surface area contributed by atoms with Crippen molar-refractivity contribution in [1.29, 1.82) is 0 Å². The first-order valence-corrected chi connectivity index (χ1v) is 7.21. The summed E-state index contributed by atoms with van der Waals surface area (Å²) in [5.41, 5.74) is 0.956. The predicted octanol–water partition coefficient (Wildman–Crippen LogP) is 3.34. The van der Waals surface area contributed by atoms with E-state index in [1.807, 2.05) is 13.8 Å². The van der Waals surface area contributed by atoms with Crippen molar-refractivity contribution in [3.63, 3.8) is 0 Å². The highest BCUT2D eigenvalue weighted by Gasteiger charge is 2.12. The van der Waals surface area contributed by atoms with Crippen LogP contribution < -0.4 is 0 Å². The Morgan fingerprint density at radius 1 is 1.00 bits per heavy atom. The molecule has 0 aromatic heterocycles. The Bertz CT molecular complexity index is 430. The van der Waals surface area contributed by atoms with Crippen LogP contribution in [0.5, 0.6) is 0 Å². The van der Waals surface area contributed by atoms with Crippen LogP contribution >= 0.6 is 0 Å². The summed E-state index contributed by atoms with van der Waals surface area (Å²) in [5.74, 6) is 0.310. The number of ketones is 1. The molecule has 0 aliphatic rings. The highest BCUT2D eigenvalue weighted by Crippen LogP contribution is 2.10. The quantitative estimate of drug-likeness (QED) is 0.668. The lowest BCUT2D eigenvalue weighted by Gasteiger charge is -2.05. The Morgan fingerprint density at radius 2 is 1.43 bits per heavy atom. The summed E-state index contributed by atoms with van der Waals surface area (Å²) in [6.45, 7) is 9.93. The van der Waals surface area contributed by atoms with Gasteiger partial charge in [-0.3, -0.25) is 4.79 Å². The molecule has 1 aromatic rings. The van der Waals surface area contributed by atoms with E-state index in [1.54, 1.807) is 24.3 Å². The number of hydrogen-bond acceptors (Lipinski definition) is 4. The van der Waals surface area contributed by atoms with Crippen molar-refractivity contribution < 1.29 is 19.4 Å². The zero-order valence-corrected chi connectivity index (χ0v) is 13.6. The van der Waals surface area contributed by atoms with E-state index in [1.165, 1.54) is 0 Å². The SMILES string of the molecule is CC(C)C.CC(C)C(=O)c1ccc(C(=O)OCCO)cc1. The van der Waals surface area contributed by atoms with Crippen molar-refractivity contribution in [2.45, 2.75) is 34.6 Å². The van der Waals surface area contributed by atoms with E-state index in [4.69, 9.17) is 9.84 Å². The molecule has 21 heavy (non-hydrogen) atoms. The number of benzene rings is 1. The summed E-state index contributed by atoms with van der Waals surface area (Å²) < 4.78 is 4.75. The lowest BCUT2D eigenvalue weighted by Crippen LogP contribution is -2.10. The molecule has 4 nitrogen and oxygen atoms in total. The molecule has 0 bridgehead atoms. The maximum Gasteiger partial charge on any atom is 0.338 e. The molecule has 0 radical (unpaired) electrons. The third-order valence-corrected chi connectivity index (χ3v) is 2.25. The molecule has 0 aliphatic heterocycles. The Labute approximate surface area is 127 Å². The van der Waals surface area contributed by atoms with Gasteiger partial charge in [-0.15, -0.1) is 0 Å². The van der Waals surface area contributed by atoms with E-state index in [-0.39, 0.29) is 24.9 Å². The third-order valence-electron chi connectivity index (χ3n) is 2.25. The monoisotopic (exact) mass is 294 g/mol. The van der Waals surface area contributed by atoms with Crippen LogP contribution in [-0.2, 0) is 4.74 Å². The maximum absolute atomic E-state index is 11.6. The van der Waals surface area contributed by atoms with E-state index < -0.39 is 5.97 Å². The second-order valence-corrected chi connectivity index (χ2v) is 5.69. The zero-order chi connectivity index (χ0) is 16.4. The number of esters is 1. The van der Waals surface area contributed by atoms with Crippen molar-refractivity contribution >= 4 is 11.8 Å². The third kappa shape index (κ3) is 8.25. The van der Waals surface area contributed by atoms with Gasteiger partial charge in [0.15, 0.2) is 5.78 Å². The van der Waals surface area contributed by atoms with Crippen LogP contribution in [0.25, 0.3) is 0 Å². The fraction of sp³-hybridized carbons (Fsp3) is 0.529. The Kier molecular flexibility index (Phi) is 9.30. The van der Waals surface area contributed by atoms with Crippen molar-refractivity contribution in [1.82, 2.24) is 0 Å². The van der Waals surface area contributed by atoms with Gasteiger partial charge in [-0.2, -0.15) is 0 Å². The van der Waals surface area contributed by atoms with Gasteiger partial charge in [0.2, 0.25) is 0 Å². The van der Waals surface area contributed by atoms with Crippen LogP contribution in [0.3, 0.4) is 0 Å². The van der Waals surface area contributed by atoms with E-state index in [0.717, 1.165) is 5.92 Å². The highest BCUT2D eigenvalue weighted by molar-refractivity contribution is 5.98. The first kappa shape index (κ1) is 19.3. The van der Waals surface area contributed by atoms with Crippen LogP contribution in [0.2, 0.25) is 0 Å². The van der Waals surface area contributed by atoms with Crippen molar-refractivity contribution in [2.24, 2.45) is 11.8 Å². The zero-order valence-electron chi connectivity index (χ0n) is 13.6. The minimum Gasteiger partial charge on any atom is -0.460 e. The van der Waals surface area contributed by atoms with Crippen LogP contribution in [0.15, 0.2) is 24.3 Å². The van der Waals surface area contributed by atoms with Gasteiger partial charge in [0.25, 0.3) is 0 Å². The molecular weight excluding hydrogens is 268 g/mol. The van der Waals surface area contributed by atoms with Crippen LogP contribution in [0, 0.1) is 11.8 Å². The molecule has 1 aromatic carbocycles. The molecule has 0 atom stereocenters. The molecule has 0 saturated heterocycles. The number of rotatable bonds is 5. The van der Waals surface area contributed by atoms with Gasteiger partial charge in [-0.1, -0.05) is 46.8 Å². The molecule has 118 valence electrons. The summed E-state index contributed by atoms with van der Waals surface area (Å²) in [4.78, 5) is 23.0. The minimum atomic E-state index is -0.498. The molecular formula is C17H26O4. The number of carbonyl (C=O) groups excluding carboxylic acids is 2. The molecule has 0 spiro atoms. The lowest BCUT2D eigenvalue weighted by atomic mass is 10.0. The summed E-state index contributed by atoms with van der Waals surface area (Å²) >= 11 is 0. The number of ether oxygens (including phenoxy) is 1. The van der Waals surface area contributed by atoms with E-state index in [0.29, 0.717) is 11.1 Å². The normalized spacial score (nSPS) is 10.1. The molecule has 0 amide bonds. The van der Waals surface area contributed by atoms with E-state index in [2.05, 4.69) is 20.8 Å². The lowest BCUT2D eigenvalue weighted by molar-refractivity contribution is 0.0433. The van der Waals surface area contributed by atoms with Crippen LogP contribution in [-0.4, -0.2) is 30.1 Å². The fourth-order valence-corrected chi connectivity index (χ4v) is 1.33. The molecule has 1 N–H and O–H groups in total. The van der Waals surface area contributed by atoms with Gasteiger partial charge < -0.3 is 9.84 Å². The average molecular weight is 294 g/mol. The topological polar surface area (TPSA) is 63.6 Å². The summed E-state index contributed by atoms with van der Waals surface area (Å²) in [6.07, 6.45) is 0. The Balaban J connectivity index is 0.000000885. The van der Waals surface area contributed by atoms with Crippen LogP contribution in [0.4, 0.5) is 0 Å². The molecule has 0 aliphatic carbocycles. The second-order valence-electron chi connectivity index (χ2n) is 5.69. The van der Waals surface area contributed by atoms with Gasteiger partial charge in [-0.25, -0.2) is 4.79 Å². The minimum absolute atomic E-state index is 0.0223. The first-order chi connectivity index (χ1) is 9.79. The standard InChI is InChI=1S/C13H16O4.C4H10/c1-9(2)12(15)10-3-5-11(6-4-10)13(16)17-8-7-14;1-4(2)3/h3-6,9,14H,7-8H2,1-2H3;4H,1-3H3.